The molecule has 1 rings (SSSR count). The van der Waals surface area contributed by atoms with Crippen LogP contribution in [0.4, 0.5) is 0 Å². The molecule has 0 amide bonds. The topological polar surface area (TPSA) is 83.8 Å². The second-order valence-electron chi connectivity index (χ2n) is 7.34. The lowest BCUT2D eigenvalue weighted by Gasteiger charge is -2.16. The lowest BCUT2D eigenvalue weighted by molar-refractivity contribution is -0.141. The van der Waals surface area contributed by atoms with Gasteiger partial charge in [0, 0.05) is 4.88 Å². The summed E-state index contributed by atoms with van der Waals surface area (Å²) < 4.78 is 5.60. The van der Waals surface area contributed by atoms with E-state index in [1.165, 1.54) is 69.1 Å². The Balaban J connectivity index is 2.33. The number of carboxylic acids is 2. The maximum absolute atomic E-state index is 11.2. The molecule has 0 saturated carbocycles. The fraction of sp³-hybridized carbons (Fsp3) is 0.727. The molecule has 1 heterocycles. The Labute approximate surface area is 173 Å². The average molecular weight is 413 g/mol. The summed E-state index contributed by atoms with van der Waals surface area (Å²) in [6.07, 6.45) is 13.0. The van der Waals surface area contributed by atoms with Gasteiger partial charge in [-0.3, -0.25) is 9.59 Å². The predicted molar refractivity (Wildman–Crippen MR) is 113 cm³/mol. The van der Waals surface area contributed by atoms with E-state index in [2.05, 4.69) is 6.92 Å². The molecule has 1 unspecified atom stereocenters. The van der Waals surface area contributed by atoms with Gasteiger partial charge in [0.2, 0.25) is 0 Å². The fourth-order valence-corrected chi connectivity index (χ4v) is 4.32. The van der Waals surface area contributed by atoms with Gasteiger partial charge in [0.1, 0.15) is 6.10 Å². The second-order valence-corrected chi connectivity index (χ2v) is 8.29. The summed E-state index contributed by atoms with van der Waals surface area (Å²) >= 11 is 1.50. The zero-order valence-corrected chi connectivity index (χ0v) is 18.0. The van der Waals surface area contributed by atoms with Crippen molar-refractivity contribution in [1.82, 2.24) is 0 Å². The Kier molecular flexibility index (Phi) is 13.7. The van der Waals surface area contributed by atoms with E-state index in [-0.39, 0.29) is 19.4 Å². The monoisotopic (exact) mass is 412 g/mol. The van der Waals surface area contributed by atoms with Crippen LogP contribution in [0.25, 0.3) is 0 Å². The third-order valence-electron chi connectivity index (χ3n) is 4.87. The summed E-state index contributed by atoms with van der Waals surface area (Å²) in [5.74, 6) is -1.87. The smallest absolute Gasteiger partial charge is 0.306 e. The quantitative estimate of drug-likeness (QED) is 0.280. The van der Waals surface area contributed by atoms with E-state index < -0.39 is 18.0 Å². The molecule has 2 N–H and O–H groups in total. The molecule has 0 bridgehead atoms. The molecule has 28 heavy (non-hydrogen) atoms. The lowest BCUT2D eigenvalue weighted by atomic mass is 10.0. The molecule has 0 saturated heterocycles. The molecular formula is C22H36O5S. The summed E-state index contributed by atoms with van der Waals surface area (Å²) in [4.78, 5) is 22.8. The molecule has 6 heteroatoms. The Morgan fingerprint density at radius 1 is 0.964 bits per heavy atom. The van der Waals surface area contributed by atoms with E-state index in [1.807, 2.05) is 11.4 Å². The minimum atomic E-state index is -0.939. The highest BCUT2D eigenvalue weighted by Crippen LogP contribution is 2.31. The van der Waals surface area contributed by atoms with Crippen molar-refractivity contribution in [2.75, 3.05) is 6.61 Å². The fourth-order valence-electron chi connectivity index (χ4n) is 3.31. The van der Waals surface area contributed by atoms with Crippen molar-refractivity contribution in [2.24, 2.45) is 0 Å². The third-order valence-corrected chi connectivity index (χ3v) is 5.92. The molecule has 0 fully saturated rings. The second kappa shape index (κ2) is 15.5. The number of carbonyl (C=O) groups is 2. The van der Waals surface area contributed by atoms with Crippen LogP contribution < -0.4 is 0 Å². The number of rotatable bonds is 18. The number of carboxylic acid groups (broad SMARTS) is 2. The maximum atomic E-state index is 11.2. The van der Waals surface area contributed by atoms with Crippen molar-refractivity contribution in [3.63, 3.8) is 0 Å². The number of ether oxygens (including phenoxy) is 1. The van der Waals surface area contributed by atoms with Crippen molar-refractivity contribution in [2.45, 2.75) is 96.5 Å². The highest BCUT2D eigenvalue weighted by Gasteiger charge is 2.21. The molecule has 5 nitrogen and oxygen atoms in total. The summed E-state index contributed by atoms with van der Waals surface area (Å²) in [6.45, 7) is 2.27. The van der Waals surface area contributed by atoms with Gasteiger partial charge in [-0.15, -0.1) is 11.3 Å². The molecule has 0 aliphatic heterocycles. The van der Waals surface area contributed by atoms with E-state index in [9.17, 15) is 9.59 Å². The van der Waals surface area contributed by atoms with Crippen LogP contribution in [0.3, 0.4) is 0 Å². The number of thiophene rings is 1. The van der Waals surface area contributed by atoms with Crippen LogP contribution in [0.1, 0.15) is 101 Å². The highest BCUT2D eigenvalue weighted by molar-refractivity contribution is 7.10. The van der Waals surface area contributed by atoms with E-state index in [1.54, 1.807) is 0 Å². The lowest BCUT2D eigenvalue weighted by Crippen LogP contribution is -2.13. The van der Waals surface area contributed by atoms with Crippen LogP contribution in [-0.2, 0) is 20.7 Å². The molecule has 0 radical (unpaired) electrons. The summed E-state index contributed by atoms with van der Waals surface area (Å²) in [5, 5.41) is 19.9. The molecule has 1 aromatic rings. The van der Waals surface area contributed by atoms with E-state index in [4.69, 9.17) is 14.9 Å². The van der Waals surface area contributed by atoms with Crippen LogP contribution in [0.2, 0.25) is 0 Å². The molecule has 1 atom stereocenters. The zero-order chi connectivity index (χ0) is 20.6. The molecule has 0 spiro atoms. The first-order valence-corrected chi connectivity index (χ1v) is 11.5. The molecule has 160 valence electrons. The van der Waals surface area contributed by atoms with Crippen molar-refractivity contribution in [3.05, 3.63) is 21.9 Å². The molecule has 0 aromatic carbocycles. The largest absolute Gasteiger partial charge is 0.481 e. The maximum Gasteiger partial charge on any atom is 0.306 e. The minimum absolute atomic E-state index is 0.0306. The van der Waals surface area contributed by atoms with Crippen LogP contribution in [-0.4, -0.2) is 28.8 Å². The van der Waals surface area contributed by atoms with Gasteiger partial charge >= 0.3 is 11.9 Å². The van der Waals surface area contributed by atoms with Crippen molar-refractivity contribution >= 4 is 23.3 Å². The van der Waals surface area contributed by atoms with Gasteiger partial charge in [-0.25, -0.2) is 0 Å². The number of aliphatic carboxylic acids is 2. The van der Waals surface area contributed by atoms with Crippen molar-refractivity contribution in [1.29, 1.82) is 0 Å². The first kappa shape index (κ1) is 24.6. The van der Waals surface area contributed by atoms with Crippen molar-refractivity contribution < 1.29 is 24.5 Å². The number of unbranched alkanes of at least 4 members (excludes halogenated alkanes) is 9. The minimum Gasteiger partial charge on any atom is -0.481 e. The number of aryl methyl sites for hydroxylation is 1. The third kappa shape index (κ3) is 11.4. The first-order valence-electron chi connectivity index (χ1n) is 10.7. The standard InChI is InChI=1S/C22H36O5S/c1-2-3-4-5-6-7-8-9-10-11-12-18-14-16-28-22(18)19(17-21(25)26)27-15-13-20(23)24/h14,16,19H,2-13,15,17H2,1H3,(H,23,24)(H,25,26). The van der Waals surface area contributed by atoms with Crippen molar-refractivity contribution in [3.8, 4) is 0 Å². The van der Waals surface area contributed by atoms with E-state index >= 15 is 0 Å². The molecule has 0 aliphatic carbocycles. The van der Waals surface area contributed by atoms with Crippen LogP contribution in [0.5, 0.6) is 0 Å². The SMILES string of the molecule is CCCCCCCCCCCCc1ccsc1C(CC(=O)O)OCCC(=O)O. The molecular weight excluding hydrogens is 376 g/mol. The van der Waals surface area contributed by atoms with Gasteiger partial charge in [-0.05, 0) is 29.9 Å². The van der Waals surface area contributed by atoms with Gasteiger partial charge in [0.15, 0.2) is 0 Å². The van der Waals surface area contributed by atoms with Gasteiger partial charge in [-0.1, -0.05) is 64.7 Å². The van der Waals surface area contributed by atoms with Crippen LogP contribution in [0, 0.1) is 0 Å². The first-order chi connectivity index (χ1) is 13.5. The van der Waals surface area contributed by atoms with Gasteiger partial charge < -0.3 is 14.9 Å². The van der Waals surface area contributed by atoms with Crippen LogP contribution in [0.15, 0.2) is 11.4 Å². The predicted octanol–water partition coefficient (Wildman–Crippen LogP) is 6.22. The summed E-state index contributed by atoms with van der Waals surface area (Å²) in [6, 6.07) is 2.04. The number of hydrogen-bond acceptors (Lipinski definition) is 4. The Morgan fingerprint density at radius 3 is 2.14 bits per heavy atom. The van der Waals surface area contributed by atoms with E-state index in [0.29, 0.717) is 0 Å². The normalized spacial score (nSPS) is 12.2. The van der Waals surface area contributed by atoms with Gasteiger partial charge in [-0.2, -0.15) is 0 Å². The van der Waals surface area contributed by atoms with Gasteiger partial charge in [0.05, 0.1) is 19.4 Å². The molecule has 1 aromatic heterocycles. The Morgan fingerprint density at radius 2 is 1.57 bits per heavy atom. The van der Waals surface area contributed by atoms with Gasteiger partial charge in [0.25, 0.3) is 0 Å². The number of hydrogen-bond donors (Lipinski definition) is 2. The van der Waals surface area contributed by atoms with Crippen LogP contribution >= 0.6 is 11.3 Å². The molecule has 0 aliphatic rings. The Bertz CT molecular complexity index is 555. The van der Waals surface area contributed by atoms with E-state index in [0.717, 1.165) is 23.3 Å². The summed E-state index contributed by atoms with van der Waals surface area (Å²) in [7, 11) is 0. The highest BCUT2D eigenvalue weighted by atomic mass is 32.1. The Hall–Kier alpha value is -1.40. The summed E-state index contributed by atoms with van der Waals surface area (Å²) in [5.41, 5.74) is 1.14. The zero-order valence-electron chi connectivity index (χ0n) is 17.2. The average Bonchev–Trinajstić information content (AvgIpc) is 3.10.